The van der Waals surface area contributed by atoms with E-state index in [4.69, 9.17) is 21.1 Å². The van der Waals surface area contributed by atoms with Gasteiger partial charge in [-0.2, -0.15) is 0 Å². The zero-order valence-corrected chi connectivity index (χ0v) is 17.1. The topological polar surface area (TPSA) is 66.9 Å². The largest absolute Gasteiger partial charge is 0.486 e. The van der Waals surface area contributed by atoms with Crippen LogP contribution in [-0.4, -0.2) is 55.3 Å². The molecule has 0 bridgehead atoms. The highest BCUT2D eigenvalue weighted by atomic mass is 35.5. The summed E-state index contributed by atoms with van der Waals surface area (Å²) >= 11 is 6.10. The Morgan fingerprint density at radius 1 is 0.967 bits per heavy atom. The molecule has 2 amide bonds. The lowest BCUT2D eigenvalue weighted by Crippen LogP contribution is -2.50. The van der Waals surface area contributed by atoms with Crippen LogP contribution >= 0.6 is 11.6 Å². The maximum absolute atomic E-state index is 12.7. The molecule has 0 radical (unpaired) electrons. The van der Waals surface area contributed by atoms with Gasteiger partial charge in [-0.15, -0.1) is 0 Å². The Balaban J connectivity index is 1.24. The average molecular weight is 425 g/mol. The number of anilines is 2. The van der Waals surface area contributed by atoms with Crippen molar-refractivity contribution in [3.05, 3.63) is 53.7 Å². The lowest BCUT2D eigenvalue weighted by Gasteiger charge is -2.36. The maximum atomic E-state index is 12.7. The van der Waals surface area contributed by atoms with Crippen molar-refractivity contribution in [2.45, 2.75) is 0 Å². The minimum Gasteiger partial charge on any atom is -0.486 e. The highest BCUT2D eigenvalue weighted by molar-refractivity contribution is 6.31. The number of carbonyl (C=O) groups is 1. The van der Waals surface area contributed by atoms with Crippen molar-refractivity contribution in [2.24, 2.45) is 0 Å². The zero-order chi connectivity index (χ0) is 20.5. The lowest BCUT2D eigenvalue weighted by molar-refractivity contribution is 0.171. The van der Waals surface area contributed by atoms with E-state index in [9.17, 15) is 4.79 Å². The second kappa shape index (κ2) is 7.91. The Bertz CT molecular complexity index is 1100. The van der Waals surface area contributed by atoms with Crippen molar-refractivity contribution in [3.63, 3.8) is 0 Å². The normalized spacial score (nSPS) is 15.9. The molecule has 1 fully saturated rings. The van der Waals surface area contributed by atoms with E-state index in [-0.39, 0.29) is 6.03 Å². The highest BCUT2D eigenvalue weighted by Gasteiger charge is 2.23. The molecular formula is C22H21ClN4O3. The molecule has 2 aliphatic heterocycles. The van der Waals surface area contributed by atoms with Crippen LogP contribution in [0.5, 0.6) is 11.5 Å². The fourth-order valence-corrected chi connectivity index (χ4v) is 4.02. The zero-order valence-electron chi connectivity index (χ0n) is 16.3. The van der Waals surface area contributed by atoms with Crippen LogP contribution in [0.4, 0.5) is 16.2 Å². The van der Waals surface area contributed by atoms with Crippen LogP contribution in [0.1, 0.15) is 0 Å². The summed E-state index contributed by atoms with van der Waals surface area (Å²) in [5.41, 5.74) is 2.69. The first-order valence-electron chi connectivity index (χ1n) is 9.92. The van der Waals surface area contributed by atoms with E-state index in [1.54, 1.807) is 12.3 Å². The number of fused-ring (bicyclic) bond motifs is 2. The Labute approximate surface area is 179 Å². The first-order valence-corrected chi connectivity index (χ1v) is 10.3. The summed E-state index contributed by atoms with van der Waals surface area (Å²) in [6.45, 7) is 3.82. The molecule has 0 saturated carbocycles. The monoisotopic (exact) mass is 424 g/mol. The third-order valence-corrected chi connectivity index (χ3v) is 5.62. The standard InChI is InChI=1S/C22H21ClN4O3/c23-15-1-3-17-18(13-15)24-6-5-19(17)26-7-9-27(10-8-26)22(28)25-16-2-4-20-21(14-16)30-12-11-29-20/h1-6,13-14H,7-12H2,(H,25,28). The number of aromatic nitrogens is 1. The predicted octanol–water partition coefficient (Wildman–Crippen LogP) is 4.01. The van der Waals surface area contributed by atoms with Gasteiger partial charge in [0.05, 0.1) is 5.52 Å². The molecule has 8 heteroatoms. The molecule has 7 nitrogen and oxygen atoms in total. The minimum absolute atomic E-state index is 0.113. The van der Waals surface area contributed by atoms with Gasteiger partial charge in [0.15, 0.2) is 11.5 Å². The van der Waals surface area contributed by atoms with Crippen LogP contribution in [0.3, 0.4) is 0 Å². The number of piperazine rings is 1. The first kappa shape index (κ1) is 18.8. The Kier molecular flexibility index (Phi) is 4.96. The van der Waals surface area contributed by atoms with E-state index >= 15 is 0 Å². The van der Waals surface area contributed by atoms with Gasteiger partial charge in [0, 0.05) is 60.2 Å². The van der Waals surface area contributed by atoms with Gasteiger partial charge in [0.25, 0.3) is 0 Å². The number of carbonyl (C=O) groups excluding carboxylic acids is 1. The number of hydrogen-bond acceptors (Lipinski definition) is 5. The van der Waals surface area contributed by atoms with Crippen LogP contribution in [0.2, 0.25) is 5.02 Å². The van der Waals surface area contributed by atoms with Crippen molar-refractivity contribution < 1.29 is 14.3 Å². The van der Waals surface area contributed by atoms with Gasteiger partial charge in [0.2, 0.25) is 0 Å². The quantitative estimate of drug-likeness (QED) is 0.673. The van der Waals surface area contributed by atoms with Gasteiger partial charge in [-0.05, 0) is 36.4 Å². The average Bonchev–Trinajstić information content (AvgIpc) is 2.78. The number of nitrogens with one attached hydrogen (secondary N) is 1. The number of nitrogens with zero attached hydrogens (tertiary/aromatic N) is 3. The smallest absolute Gasteiger partial charge is 0.321 e. The van der Waals surface area contributed by atoms with Crippen LogP contribution in [0.25, 0.3) is 10.9 Å². The van der Waals surface area contributed by atoms with Crippen molar-refractivity contribution in [3.8, 4) is 11.5 Å². The SMILES string of the molecule is O=C(Nc1ccc2c(c1)OCCO2)N1CCN(c2ccnc3cc(Cl)ccc23)CC1. The van der Waals surface area contributed by atoms with E-state index in [1.165, 1.54) is 0 Å². The maximum Gasteiger partial charge on any atom is 0.321 e. The van der Waals surface area contributed by atoms with Gasteiger partial charge in [-0.3, -0.25) is 4.98 Å². The van der Waals surface area contributed by atoms with E-state index in [0.29, 0.717) is 48.5 Å². The van der Waals surface area contributed by atoms with Crippen molar-refractivity contribution in [2.75, 3.05) is 49.6 Å². The summed E-state index contributed by atoms with van der Waals surface area (Å²) < 4.78 is 11.1. The molecule has 2 aromatic carbocycles. The van der Waals surface area contributed by atoms with E-state index in [1.807, 2.05) is 41.3 Å². The molecule has 154 valence electrons. The highest BCUT2D eigenvalue weighted by Crippen LogP contribution is 2.33. The van der Waals surface area contributed by atoms with Crippen molar-refractivity contribution >= 4 is 39.9 Å². The molecule has 0 unspecified atom stereocenters. The lowest BCUT2D eigenvalue weighted by atomic mass is 10.1. The molecule has 3 heterocycles. The third-order valence-electron chi connectivity index (χ3n) is 5.38. The molecule has 3 aromatic rings. The molecule has 1 N–H and O–H groups in total. The number of hydrogen-bond donors (Lipinski definition) is 1. The second-order valence-electron chi connectivity index (χ2n) is 7.25. The summed E-state index contributed by atoms with van der Waals surface area (Å²) in [5, 5.41) is 4.70. The number of urea groups is 1. The molecule has 30 heavy (non-hydrogen) atoms. The number of ether oxygens (including phenoxy) is 2. The van der Waals surface area contributed by atoms with Crippen molar-refractivity contribution in [1.29, 1.82) is 0 Å². The number of amides is 2. The van der Waals surface area contributed by atoms with Gasteiger partial charge in [0.1, 0.15) is 13.2 Å². The van der Waals surface area contributed by atoms with E-state index in [0.717, 1.165) is 29.7 Å². The van der Waals surface area contributed by atoms with Gasteiger partial charge in [-0.1, -0.05) is 11.6 Å². The number of pyridine rings is 1. The van der Waals surface area contributed by atoms with Crippen molar-refractivity contribution in [1.82, 2.24) is 9.88 Å². The second-order valence-corrected chi connectivity index (χ2v) is 7.69. The van der Waals surface area contributed by atoms with E-state index in [2.05, 4.69) is 15.2 Å². The molecule has 1 saturated heterocycles. The predicted molar refractivity (Wildman–Crippen MR) is 117 cm³/mol. The molecule has 1 aromatic heterocycles. The number of benzene rings is 2. The van der Waals surface area contributed by atoms with Gasteiger partial charge >= 0.3 is 6.03 Å². The molecular weight excluding hydrogens is 404 g/mol. The molecule has 5 rings (SSSR count). The van der Waals surface area contributed by atoms with Gasteiger partial charge < -0.3 is 24.6 Å². The summed E-state index contributed by atoms with van der Waals surface area (Å²) in [4.78, 5) is 21.3. The van der Waals surface area contributed by atoms with Crippen LogP contribution in [-0.2, 0) is 0 Å². The Hall–Kier alpha value is -3.19. The van der Waals surface area contributed by atoms with Crippen LogP contribution < -0.4 is 19.7 Å². The van der Waals surface area contributed by atoms with Gasteiger partial charge in [-0.25, -0.2) is 4.79 Å². The summed E-state index contributed by atoms with van der Waals surface area (Å²) in [6.07, 6.45) is 1.80. The summed E-state index contributed by atoms with van der Waals surface area (Å²) in [7, 11) is 0. The number of rotatable bonds is 2. The minimum atomic E-state index is -0.113. The first-order chi connectivity index (χ1) is 14.7. The summed E-state index contributed by atoms with van der Waals surface area (Å²) in [5.74, 6) is 1.37. The van der Waals surface area contributed by atoms with Crippen LogP contribution in [0.15, 0.2) is 48.7 Å². The molecule has 2 aliphatic rings. The van der Waals surface area contributed by atoms with E-state index < -0.39 is 0 Å². The number of halogens is 1. The fourth-order valence-electron chi connectivity index (χ4n) is 3.86. The van der Waals surface area contributed by atoms with Crippen LogP contribution in [0, 0.1) is 0 Å². The molecule has 0 aliphatic carbocycles. The summed E-state index contributed by atoms with van der Waals surface area (Å²) in [6, 6.07) is 13.1. The Morgan fingerprint density at radius 2 is 1.77 bits per heavy atom. The fraction of sp³-hybridized carbons (Fsp3) is 0.273. The Morgan fingerprint density at radius 3 is 2.60 bits per heavy atom. The molecule has 0 spiro atoms. The third kappa shape index (κ3) is 3.68. The molecule has 0 atom stereocenters.